The average molecular weight is 296 g/mol. The van der Waals surface area contributed by atoms with Crippen molar-refractivity contribution in [2.75, 3.05) is 5.73 Å². The number of halogens is 1. The highest BCUT2D eigenvalue weighted by atomic mass is 19.1. The van der Waals surface area contributed by atoms with E-state index < -0.39 is 35.2 Å². The molecule has 3 atom stereocenters. The van der Waals surface area contributed by atoms with Crippen molar-refractivity contribution >= 4 is 5.95 Å². The van der Waals surface area contributed by atoms with E-state index in [1.54, 1.807) is 0 Å². The van der Waals surface area contributed by atoms with Crippen LogP contribution in [-0.2, 0) is 4.74 Å². The fraction of sp³-hybridized carbons (Fsp3) is 0.417. The largest absolute Gasteiger partial charge is 0.505 e. The molecular formula is C12H13FN4O4. The van der Waals surface area contributed by atoms with Gasteiger partial charge in [0, 0.05) is 0 Å². The Kier molecular flexibility index (Phi) is 3.57. The topological polar surface area (TPSA) is 123 Å². The summed E-state index contributed by atoms with van der Waals surface area (Å²) in [6.07, 6.45) is -2.02. The van der Waals surface area contributed by atoms with Gasteiger partial charge in [-0.2, -0.15) is 4.98 Å². The van der Waals surface area contributed by atoms with Crippen molar-refractivity contribution in [3.05, 3.63) is 28.3 Å². The summed E-state index contributed by atoms with van der Waals surface area (Å²) >= 11 is 0. The van der Waals surface area contributed by atoms with E-state index in [1.165, 1.54) is 13.8 Å². The Morgan fingerprint density at radius 1 is 1.67 bits per heavy atom. The number of alkyl halides is 1. The van der Waals surface area contributed by atoms with Crippen molar-refractivity contribution in [3.63, 3.8) is 0 Å². The second kappa shape index (κ2) is 5.06. The molecule has 1 unspecified atom stereocenters. The van der Waals surface area contributed by atoms with E-state index in [1.807, 2.05) is 0 Å². The van der Waals surface area contributed by atoms with Crippen molar-refractivity contribution in [1.82, 2.24) is 14.5 Å². The predicted octanol–water partition coefficient (Wildman–Crippen LogP) is -0.369. The maximum Gasteiger partial charge on any atom is 0.355 e. The molecule has 0 aliphatic carbocycles. The molecule has 4 N–H and O–H groups in total. The summed E-state index contributed by atoms with van der Waals surface area (Å²) in [5, 5.41) is 19.4. The summed E-state index contributed by atoms with van der Waals surface area (Å²) in [5.41, 5.74) is 1.63. The number of aliphatic hydroxyl groups is 2. The number of rotatable bonds is 2. The summed E-state index contributed by atoms with van der Waals surface area (Å²) in [4.78, 5) is 18.7. The molecule has 0 saturated carbocycles. The van der Waals surface area contributed by atoms with Crippen molar-refractivity contribution in [2.45, 2.75) is 31.8 Å². The molecule has 0 saturated heterocycles. The van der Waals surface area contributed by atoms with Crippen molar-refractivity contribution in [2.24, 2.45) is 0 Å². The number of nitrogens with zero attached hydrogens (tertiary/aromatic N) is 3. The minimum absolute atomic E-state index is 0.284. The van der Waals surface area contributed by atoms with E-state index in [9.17, 15) is 19.4 Å². The number of nitrogens with two attached hydrogens (primary N) is 1. The Morgan fingerprint density at radius 2 is 2.33 bits per heavy atom. The summed E-state index contributed by atoms with van der Waals surface area (Å²) in [6.45, 7) is 2.63. The van der Waals surface area contributed by atoms with Gasteiger partial charge in [0.05, 0.1) is 0 Å². The molecule has 112 valence electrons. The minimum atomic E-state index is -2.70. The Hall–Kier alpha value is -2.60. The minimum Gasteiger partial charge on any atom is -0.505 e. The van der Waals surface area contributed by atoms with Gasteiger partial charge in [-0.15, -0.1) is 5.92 Å². The van der Waals surface area contributed by atoms with E-state index >= 15 is 0 Å². The third-order valence-electron chi connectivity index (χ3n) is 2.84. The third kappa shape index (κ3) is 2.30. The van der Waals surface area contributed by atoms with Crippen LogP contribution in [0, 0.1) is 11.8 Å². The highest BCUT2D eigenvalue weighted by molar-refractivity contribution is 5.35. The quantitative estimate of drug-likeness (QED) is 0.636. The molecule has 1 aromatic heterocycles. The first kappa shape index (κ1) is 14.8. The van der Waals surface area contributed by atoms with Gasteiger partial charge in [-0.3, -0.25) is 0 Å². The molecule has 0 radical (unpaired) electrons. The zero-order chi connectivity index (χ0) is 15.8. The predicted molar refractivity (Wildman–Crippen MR) is 69.5 cm³/mol. The lowest BCUT2D eigenvalue weighted by molar-refractivity contribution is -0.0210. The number of hydrogen-bond acceptors (Lipinski definition) is 7. The lowest BCUT2D eigenvalue weighted by Gasteiger charge is -2.22. The molecular weight excluding hydrogens is 283 g/mol. The third-order valence-corrected chi connectivity index (χ3v) is 2.84. The molecule has 0 bridgehead atoms. The molecule has 0 amide bonds. The van der Waals surface area contributed by atoms with Gasteiger partial charge in [0.25, 0.3) is 5.67 Å². The van der Waals surface area contributed by atoms with Crippen LogP contribution in [0.25, 0.3) is 0 Å². The highest BCUT2D eigenvalue weighted by Gasteiger charge is 2.54. The monoisotopic (exact) mass is 296 g/mol. The highest BCUT2D eigenvalue weighted by Crippen LogP contribution is 2.43. The zero-order valence-electron chi connectivity index (χ0n) is 11.2. The standard InChI is InChI=1S/C12H13FN4O4/c1-3-4-12(13)8(19)7(6(2)18)21-9(12)17-5-15-10(14)16-11(17)20/h5-6,9,18-19H,1-2H3,(H2,14,16,20)/t6-,9-,12?/m1/s1. The summed E-state index contributed by atoms with van der Waals surface area (Å²) < 4.78 is 20.8. The average Bonchev–Trinajstić information content (AvgIpc) is 2.64. The van der Waals surface area contributed by atoms with Gasteiger partial charge >= 0.3 is 5.69 Å². The number of hydrogen-bond donors (Lipinski definition) is 3. The Balaban J connectivity index is 2.59. The molecule has 0 aromatic carbocycles. The van der Waals surface area contributed by atoms with E-state index in [4.69, 9.17) is 10.5 Å². The van der Waals surface area contributed by atoms with Crippen molar-refractivity contribution < 1.29 is 19.3 Å². The summed E-state index contributed by atoms with van der Waals surface area (Å²) in [7, 11) is 0. The SMILES string of the molecule is CC#CC1(F)C(O)=C([C@@H](C)O)O[C@H]1n1cnc(N)nc1=O. The lowest BCUT2D eigenvalue weighted by atomic mass is 10.0. The molecule has 21 heavy (non-hydrogen) atoms. The summed E-state index contributed by atoms with van der Waals surface area (Å²) in [6, 6.07) is 0. The van der Waals surface area contributed by atoms with Crippen LogP contribution in [-0.4, -0.2) is 36.5 Å². The molecule has 2 rings (SSSR count). The van der Waals surface area contributed by atoms with Crippen LogP contribution in [0.5, 0.6) is 0 Å². The van der Waals surface area contributed by atoms with E-state index in [-0.39, 0.29) is 5.95 Å². The maximum atomic E-state index is 15.0. The number of aliphatic hydroxyl groups excluding tert-OH is 2. The van der Waals surface area contributed by atoms with Crippen LogP contribution in [0.15, 0.2) is 22.6 Å². The molecule has 9 heteroatoms. The van der Waals surface area contributed by atoms with Crippen LogP contribution in [0.2, 0.25) is 0 Å². The van der Waals surface area contributed by atoms with E-state index in [0.29, 0.717) is 4.57 Å². The Labute approximate surface area is 118 Å². The number of ether oxygens (including phenoxy) is 1. The normalized spacial score (nSPS) is 26.0. The first-order valence-electron chi connectivity index (χ1n) is 5.93. The van der Waals surface area contributed by atoms with E-state index in [0.717, 1.165) is 6.33 Å². The first-order chi connectivity index (χ1) is 9.81. The van der Waals surface area contributed by atoms with Crippen LogP contribution in [0.1, 0.15) is 20.1 Å². The molecule has 2 heterocycles. The molecule has 0 spiro atoms. The van der Waals surface area contributed by atoms with Gasteiger partial charge in [0.1, 0.15) is 12.4 Å². The summed E-state index contributed by atoms with van der Waals surface area (Å²) in [5.74, 6) is 2.87. The second-order valence-electron chi connectivity index (χ2n) is 4.35. The van der Waals surface area contributed by atoms with Crippen molar-refractivity contribution in [3.8, 4) is 11.8 Å². The van der Waals surface area contributed by atoms with Crippen LogP contribution in [0.3, 0.4) is 0 Å². The Morgan fingerprint density at radius 3 is 2.86 bits per heavy atom. The number of aromatic nitrogens is 3. The molecule has 1 aliphatic heterocycles. The Bertz CT molecular complexity index is 718. The van der Waals surface area contributed by atoms with E-state index in [2.05, 4.69) is 21.8 Å². The molecule has 0 fully saturated rings. The van der Waals surface area contributed by atoms with Gasteiger partial charge in [0.2, 0.25) is 12.2 Å². The van der Waals surface area contributed by atoms with Gasteiger partial charge < -0.3 is 20.7 Å². The molecule has 8 nitrogen and oxygen atoms in total. The van der Waals surface area contributed by atoms with Gasteiger partial charge in [-0.05, 0) is 19.8 Å². The lowest BCUT2D eigenvalue weighted by Crippen LogP contribution is -2.39. The van der Waals surface area contributed by atoms with Gasteiger partial charge in [-0.1, -0.05) is 0 Å². The van der Waals surface area contributed by atoms with Crippen LogP contribution >= 0.6 is 0 Å². The molecule has 1 aliphatic rings. The fourth-order valence-corrected chi connectivity index (χ4v) is 1.92. The fourth-order valence-electron chi connectivity index (χ4n) is 1.92. The van der Waals surface area contributed by atoms with Gasteiger partial charge in [0.15, 0.2) is 11.5 Å². The molecule has 1 aromatic rings. The number of nitrogen functional groups attached to an aromatic ring is 1. The van der Waals surface area contributed by atoms with Crippen LogP contribution in [0.4, 0.5) is 10.3 Å². The zero-order valence-corrected chi connectivity index (χ0v) is 11.2. The van der Waals surface area contributed by atoms with Crippen molar-refractivity contribution in [1.29, 1.82) is 0 Å². The second-order valence-corrected chi connectivity index (χ2v) is 4.35. The number of anilines is 1. The smallest absolute Gasteiger partial charge is 0.355 e. The van der Waals surface area contributed by atoms with Gasteiger partial charge in [-0.25, -0.2) is 18.7 Å². The first-order valence-corrected chi connectivity index (χ1v) is 5.93. The maximum absolute atomic E-state index is 15.0. The van der Waals surface area contributed by atoms with Crippen LogP contribution < -0.4 is 11.4 Å².